The van der Waals surface area contributed by atoms with Crippen LogP contribution >= 0.6 is 0 Å². The number of nitrogens with two attached hydrogens (primary N) is 1. The first kappa shape index (κ1) is 13.3. The third kappa shape index (κ3) is 2.09. The number of amides is 1. The fourth-order valence-corrected chi connectivity index (χ4v) is 4.25. The van der Waals surface area contributed by atoms with Crippen LogP contribution in [0.3, 0.4) is 0 Å². The van der Waals surface area contributed by atoms with Gasteiger partial charge < -0.3 is 15.4 Å². The van der Waals surface area contributed by atoms with Crippen LogP contribution in [-0.2, 0) is 9.53 Å². The number of rotatable bonds is 2. The zero-order valence-corrected chi connectivity index (χ0v) is 12.4. The maximum atomic E-state index is 12.7. The molecule has 3 saturated heterocycles. The average Bonchev–Trinajstić information content (AvgIpc) is 3.18. The van der Waals surface area contributed by atoms with E-state index in [-0.39, 0.29) is 5.91 Å². The van der Waals surface area contributed by atoms with Crippen LogP contribution in [0.15, 0.2) is 24.3 Å². The van der Waals surface area contributed by atoms with Gasteiger partial charge in [0.05, 0.1) is 12.2 Å². The van der Waals surface area contributed by atoms with Crippen LogP contribution in [0.1, 0.15) is 30.0 Å². The van der Waals surface area contributed by atoms with E-state index in [0.717, 1.165) is 31.5 Å². The van der Waals surface area contributed by atoms with Crippen molar-refractivity contribution in [2.75, 3.05) is 13.1 Å². The third-order valence-electron chi connectivity index (χ3n) is 5.47. The molecule has 5 unspecified atom stereocenters. The molecule has 5 atom stereocenters. The van der Waals surface area contributed by atoms with Gasteiger partial charge in [0, 0.05) is 24.9 Å². The van der Waals surface area contributed by atoms with Crippen molar-refractivity contribution in [2.24, 2.45) is 17.6 Å². The Kier molecular flexibility index (Phi) is 3.05. The van der Waals surface area contributed by atoms with Gasteiger partial charge in [0.25, 0.3) is 0 Å². The number of carbonyl (C=O) groups is 1. The molecule has 112 valence electrons. The Balaban J connectivity index is 1.47. The average molecular weight is 286 g/mol. The maximum Gasteiger partial charge on any atom is 0.244 e. The van der Waals surface area contributed by atoms with E-state index in [0.29, 0.717) is 24.0 Å². The summed E-state index contributed by atoms with van der Waals surface area (Å²) >= 11 is 0. The molecule has 2 N–H and O–H groups in total. The lowest BCUT2D eigenvalue weighted by Crippen LogP contribution is -2.38. The number of aryl methyl sites for hydroxylation is 1. The highest BCUT2D eigenvalue weighted by atomic mass is 16.5. The molecular formula is C17H22N2O2. The van der Waals surface area contributed by atoms with Gasteiger partial charge in [0.1, 0.15) is 6.04 Å². The van der Waals surface area contributed by atoms with Gasteiger partial charge in [-0.15, -0.1) is 0 Å². The lowest BCUT2D eigenvalue weighted by atomic mass is 9.82. The molecule has 3 heterocycles. The van der Waals surface area contributed by atoms with Crippen LogP contribution in [0.4, 0.5) is 0 Å². The zero-order valence-electron chi connectivity index (χ0n) is 12.4. The van der Waals surface area contributed by atoms with Gasteiger partial charge in [-0.2, -0.15) is 0 Å². The van der Waals surface area contributed by atoms with Crippen molar-refractivity contribution in [2.45, 2.75) is 38.0 Å². The van der Waals surface area contributed by atoms with Crippen LogP contribution in [0.2, 0.25) is 0 Å². The summed E-state index contributed by atoms with van der Waals surface area (Å²) in [6.45, 7) is 3.68. The van der Waals surface area contributed by atoms with Gasteiger partial charge in [-0.05, 0) is 25.3 Å². The Labute approximate surface area is 125 Å². The highest BCUT2D eigenvalue weighted by Gasteiger charge is 2.54. The molecule has 1 aromatic carbocycles. The molecular weight excluding hydrogens is 264 g/mol. The smallest absolute Gasteiger partial charge is 0.244 e. The first-order valence-electron chi connectivity index (χ1n) is 7.90. The lowest BCUT2D eigenvalue weighted by molar-refractivity contribution is -0.132. The Morgan fingerprint density at radius 3 is 2.33 bits per heavy atom. The summed E-state index contributed by atoms with van der Waals surface area (Å²) in [4.78, 5) is 14.6. The number of fused-ring (bicyclic) bond motifs is 5. The molecule has 0 aromatic heterocycles. The molecule has 21 heavy (non-hydrogen) atoms. The third-order valence-corrected chi connectivity index (χ3v) is 5.47. The Morgan fingerprint density at radius 1 is 1.19 bits per heavy atom. The fraction of sp³-hybridized carbons (Fsp3) is 0.588. The number of ether oxygens (including phenoxy) is 1. The summed E-state index contributed by atoms with van der Waals surface area (Å²) in [5.41, 5.74) is 8.27. The van der Waals surface area contributed by atoms with Gasteiger partial charge >= 0.3 is 0 Å². The second kappa shape index (κ2) is 4.82. The number of hydrogen-bond donors (Lipinski definition) is 1. The van der Waals surface area contributed by atoms with Crippen molar-refractivity contribution in [3.05, 3.63) is 35.4 Å². The van der Waals surface area contributed by atoms with Crippen molar-refractivity contribution in [1.29, 1.82) is 0 Å². The SMILES string of the molecule is Cc1ccc(C(N)C(=O)N2CC3C4CCC(O4)C3C2)cc1. The highest BCUT2D eigenvalue weighted by molar-refractivity contribution is 5.83. The van der Waals surface area contributed by atoms with E-state index >= 15 is 0 Å². The van der Waals surface area contributed by atoms with Crippen LogP contribution in [0.5, 0.6) is 0 Å². The molecule has 3 fully saturated rings. The van der Waals surface area contributed by atoms with E-state index in [4.69, 9.17) is 10.5 Å². The number of nitrogens with zero attached hydrogens (tertiary/aromatic N) is 1. The summed E-state index contributed by atoms with van der Waals surface area (Å²) in [5, 5.41) is 0. The van der Waals surface area contributed by atoms with Crippen LogP contribution in [0.25, 0.3) is 0 Å². The molecule has 0 saturated carbocycles. The van der Waals surface area contributed by atoms with Gasteiger partial charge in [-0.3, -0.25) is 4.79 Å². The lowest BCUT2D eigenvalue weighted by Gasteiger charge is -2.23. The molecule has 2 bridgehead atoms. The van der Waals surface area contributed by atoms with Crippen molar-refractivity contribution >= 4 is 5.91 Å². The van der Waals surface area contributed by atoms with Crippen molar-refractivity contribution in [3.63, 3.8) is 0 Å². The molecule has 4 heteroatoms. The van der Waals surface area contributed by atoms with Gasteiger partial charge in [-0.25, -0.2) is 0 Å². The topological polar surface area (TPSA) is 55.6 Å². The van der Waals surface area contributed by atoms with Crippen LogP contribution in [0, 0.1) is 18.8 Å². The van der Waals surface area contributed by atoms with Crippen molar-refractivity contribution in [3.8, 4) is 0 Å². The number of hydrogen-bond acceptors (Lipinski definition) is 3. The molecule has 0 aliphatic carbocycles. The quantitative estimate of drug-likeness (QED) is 0.899. The Morgan fingerprint density at radius 2 is 1.76 bits per heavy atom. The Hall–Kier alpha value is -1.39. The first-order valence-corrected chi connectivity index (χ1v) is 7.90. The van der Waals surface area contributed by atoms with E-state index < -0.39 is 6.04 Å². The van der Waals surface area contributed by atoms with Crippen molar-refractivity contribution in [1.82, 2.24) is 4.90 Å². The number of likely N-dealkylation sites (tertiary alicyclic amines) is 1. The fourth-order valence-electron chi connectivity index (χ4n) is 4.25. The van der Waals surface area contributed by atoms with E-state index in [1.807, 2.05) is 36.1 Å². The second-order valence-corrected chi connectivity index (χ2v) is 6.75. The molecule has 4 rings (SSSR count). The first-order chi connectivity index (χ1) is 10.1. The Bertz CT molecular complexity index is 538. The van der Waals surface area contributed by atoms with E-state index in [1.54, 1.807) is 0 Å². The summed E-state index contributed by atoms with van der Waals surface area (Å²) < 4.78 is 5.96. The van der Waals surface area contributed by atoms with Crippen molar-refractivity contribution < 1.29 is 9.53 Å². The standard InChI is InChI=1S/C17H22N2O2/c1-10-2-4-11(5-3-10)16(18)17(20)19-8-12-13(9-19)15-7-6-14(12)21-15/h2-5,12-16H,6-9,18H2,1H3. The van der Waals surface area contributed by atoms with E-state index in [1.165, 1.54) is 5.56 Å². The van der Waals surface area contributed by atoms with Gasteiger partial charge in [0.15, 0.2) is 0 Å². The molecule has 1 aromatic rings. The predicted molar refractivity (Wildman–Crippen MR) is 79.6 cm³/mol. The van der Waals surface area contributed by atoms with Crippen LogP contribution < -0.4 is 5.73 Å². The number of benzene rings is 1. The zero-order chi connectivity index (χ0) is 14.6. The number of carbonyl (C=O) groups excluding carboxylic acids is 1. The van der Waals surface area contributed by atoms with E-state index in [9.17, 15) is 4.79 Å². The normalized spacial score (nSPS) is 35.0. The minimum Gasteiger partial charge on any atom is -0.374 e. The molecule has 3 aliphatic heterocycles. The molecule has 0 spiro atoms. The van der Waals surface area contributed by atoms with Gasteiger partial charge in [0.2, 0.25) is 5.91 Å². The van der Waals surface area contributed by atoms with E-state index in [2.05, 4.69) is 0 Å². The summed E-state index contributed by atoms with van der Waals surface area (Å²) in [5.74, 6) is 1.14. The largest absolute Gasteiger partial charge is 0.374 e. The maximum absolute atomic E-state index is 12.7. The summed E-state index contributed by atoms with van der Waals surface area (Å²) in [6.07, 6.45) is 3.09. The predicted octanol–water partition coefficient (Wildman–Crippen LogP) is 1.63. The van der Waals surface area contributed by atoms with Crippen LogP contribution in [-0.4, -0.2) is 36.1 Å². The monoisotopic (exact) mass is 286 g/mol. The summed E-state index contributed by atoms with van der Waals surface area (Å²) in [6, 6.07) is 7.40. The minimum atomic E-state index is -0.539. The molecule has 1 amide bonds. The highest BCUT2D eigenvalue weighted by Crippen LogP contribution is 2.47. The second-order valence-electron chi connectivity index (χ2n) is 6.75. The molecule has 3 aliphatic rings. The minimum absolute atomic E-state index is 0.0626. The molecule has 4 nitrogen and oxygen atoms in total. The summed E-state index contributed by atoms with van der Waals surface area (Å²) in [7, 11) is 0. The molecule has 0 radical (unpaired) electrons. The van der Waals surface area contributed by atoms with Gasteiger partial charge in [-0.1, -0.05) is 29.8 Å².